The fourth-order valence-electron chi connectivity index (χ4n) is 2.84. The molecule has 1 aliphatic rings. The lowest BCUT2D eigenvalue weighted by Gasteiger charge is -2.34. The summed E-state index contributed by atoms with van der Waals surface area (Å²) in [6, 6.07) is 10.1. The highest BCUT2D eigenvalue weighted by atomic mass is 32.2. The number of carbonyl (C=O) groups excluding carboxylic acids is 1. The predicted octanol–water partition coefficient (Wildman–Crippen LogP) is 1.88. The molecule has 0 aliphatic carbocycles. The molecular weight excluding hydrogens is 377 g/mol. The molecule has 1 aliphatic heterocycles. The summed E-state index contributed by atoms with van der Waals surface area (Å²) in [7, 11) is -3.85. The molecule has 3 rings (SSSR count). The van der Waals surface area contributed by atoms with E-state index in [1.807, 2.05) is 0 Å². The molecule has 0 aromatic heterocycles. The number of nitrogens with zero attached hydrogens (tertiary/aromatic N) is 3. The topological polar surface area (TPSA) is 101 Å². The summed E-state index contributed by atoms with van der Waals surface area (Å²) in [6.45, 7) is 0.380. The number of rotatable bonds is 4. The Labute approximate surface area is 155 Å². The Hall–Kier alpha value is -2.85. The van der Waals surface area contributed by atoms with E-state index in [2.05, 4.69) is 0 Å². The predicted molar refractivity (Wildman–Crippen MR) is 94.2 cm³/mol. The molecule has 0 radical (unpaired) electrons. The second-order valence-electron chi connectivity index (χ2n) is 5.96. The van der Waals surface area contributed by atoms with Crippen molar-refractivity contribution in [3.63, 3.8) is 0 Å². The minimum Gasteiger partial charge on any atom is -0.336 e. The molecule has 2 aromatic carbocycles. The summed E-state index contributed by atoms with van der Waals surface area (Å²) in [6.07, 6.45) is 0. The Morgan fingerprint density at radius 2 is 1.70 bits per heavy atom. The van der Waals surface area contributed by atoms with Crippen LogP contribution in [0.2, 0.25) is 0 Å². The van der Waals surface area contributed by atoms with Gasteiger partial charge < -0.3 is 4.90 Å². The third-order valence-corrected chi connectivity index (χ3v) is 6.16. The number of benzene rings is 2. The number of sulfonamides is 1. The molecule has 0 saturated carbocycles. The lowest BCUT2D eigenvalue weighted by Crippen LogP contribution is -2.50. The summed E-state index contributed by atoms with van der Waals surface area (Å²) in [5, 5.41) is 10.8. The molecule has 1 fully saturated rings. The second kappa shape index (κ2) is 7.41. The molecule has 1 amide bonds. The average Bonchev–Trinajstić information content (AvgIpc) is 2.67. The zero-order valence-electron chi connectivity index (χ0n) is 14.1. The van der Waals surface area contributed by atoms with Gasteiger partial charge in [-0.1, -0.05) is 12.1 Å². The van der Waals surface area contributed by atoms with Crippen molar-refractivity contribution in [3.05, 3.63) is 70.0 Å². The molecule has 0 bridgehead atoms. The van der Waals surface area contributed by atoms with Crippen LogP contribution in [0.15, 0.2) is 53.4 Å². The number of carbonyl (C=O) groups is 1. The maximum absolute atomic E-state index is 13.3. The van der Waals surface area contributed by atoms with E-state index in [1.54, 1.807) is 0 Å². The van der Waals surface area contributed by atoms with E-state index in [4.69, 9.17) is 0 Å². The minimum atomic E-state index is -3.85. The van der Waals surface area contributed by atoms with Crippen molar-refractivity contribution in [3.8, 4) is 0 Å². The van der Waals surface area contributed by atoms with Crippen molar-refractivity contribution >= 4 is 21.6 Å². The van der Waals surface area contributed by atoms with Gasteiger partial charge in [-0.15, -0.1) is 0 Å². The maximum atomic E-state index is 13.3. The fourth-order valence-corrected chi connectivity index (χ4v) is 4.30. The largest absolute Gasteiger partial charge is 0.336 e. The van der Waals surface area contributed by atoms with Crippen LogP contribution in [0.3, 0.4) is 0 Å². The number of piperazine rings is 1. The zero-order valence-corrected chi connectivity index (χ0v) is 14.9. The Balaban J connectivity index is 1.71. The maximum Gasteiger partial charge on any atom is 0.270 e. The molecule has 0 atom stereocenters. The first-order valence-corrected chi connectivity index (χ1v) is 9.52. The lowest BCUT2D eigenvalue weighted by molar-refractivity contribution is -0.384. The molecule has 8 nitrogen and oxygen atoms in total. The summed E-state index contributed by atoms with van der Waals surface area (Å²) < 4.78 is 39.7. The van der Waals surface area contributed by atoms with Crippen LogP contribution in [0.5, 0.6) is 0 Å². The van der Waals surface area contributed by atoms with Gasteiger partial charge in [0.2, 0.25) is 10.0 Å². The van der Waals surface area contributed by atoms with Gasteiger partial charge in [0.15, 0.2) is 0 Å². The number of hydrogen-bond donors (Lipinski definition) is 0. The second-order valence-corrected chi connectivity index (χ2v) is 7.90. The Morgan fingerprint density at radius 1 is 1.04 bits per heavy atom. The standard InChI is InChI=1S/C17H16FN3O5S/c18-14-4-2-6-16(12-14)27(25,26)20-9-7-19(8-10-20)17(22)13-3-1-5-15(11-13)21(23)24/h1-6,11-12H,7-10H2. The number of halogens is 1. The number of hydrogen-bond acceptors (Lipinski definition) is 5. The molecule has 142 valence electrons. The fraction of sp³-hybridized carbons (Fsp3) is 0.235. The molecule has 0 spiro atoms. The highest BCUT2D eigenvalue weighted by molar-refractivity contribution is 7.89. The molecule has 0 N–H and O–H groups in total. The molecule has 0 unspecified atom stereocenters. The van der Waals surface area contributed by atoms with Gasteiger partial charge in [0, 0.05) is 43.9 Å². The van der Waals surface area contributed by atoms with Gasteiger partial charge in [0.25, 0.3) is 11.6 Å². The van der Waals surface area contributed by atoms with Crippen molar-refractivity contribution < 1.29 is 22.5 Å². The first-order chi connectivity index (χ1) is 12.8. The molecule has 1 saturated heterocycles. The van der Waals surface area contributed by atoms with Gasteiger partial charge in [-0.25, -0.2) is 12.8 Å². The van der Waals surface area contributed by atoms with E-state index in [-0.39, 0.29) is 42.3 Å². The minimum absolute atomic E-state index is 0.0551. The van der Waals surface area contributed by atoms with E-state index in [0.717, 1.165) is 12.1 Å². The Morgan fingerprint density at radius 3 is 2.33 bits per heavy atom. The summed E-state index contributed by atoms with van der Waals surface area (Å²) >= 11 is 0. The van der Waals surface area contributed by atoms with Crippen LogP contribution in [0.1, 0.15) is 10.4 Å². The van der Waals surface area contributed by atoms with Gasteiger partial charge in [0.1, 0.15) is 5.82 Å². The normalized spacial score (nSPS) is 15.5. The smallest absolute Gasteiger partial charge is 0.270 e. The van der Waals surface area contributed by atoms with Gasteiger partial charge in [-0.3, -0.25) is 14.9 Å². The molecule has 1 heterocycles. The Kier molecular flexibility index (Phi) is 5.19. The zero-order chi connectivity index (χ0) is 19.6. The van der Waals surface area contributed by atoms with E-state index < -0.39 is 26.7 Å². The first kappa shape index (κ1) is 18.9. The van der Waals surface area contributed by atoms with E-state index in [0.29, 0.717) is 0 Å². The van der Waals surface area contributed by atoms with Crippen LogP contribution in [-0.2, 0) is 10.0 Å². The van der Waals surface area contributed by atoms with E-state index in [1.165, 1.54) is 45.6 Å². The number of amides is 1. The third kappa shape index (κ3) is 3.96. The number of non-ortho nitro benzene ring substituents is 1. The highest BCUT2D eigenvalue weighted by Gasteiger charge is 2.30. The SMILES string of the molecule is O=C(c1cccc([N+](=O)[O-])c1)N1CCN(S(=O)(=O)c2cccc(F)c2)CC1. The summed E-state index contributed by atoms with van der Waals surface area (Å²) in [5.41, 5.74) is -0.0150. The van der Waals surface area contributed by atoms with Crippen molar-refractivity contribution in [2.45, 2.75) is 4.90 Å². The van der Waals surface area contributed by atoms with Crippen LogP contribution >= 0.6 is 0 Å². The van der Waals surface area contributed by atoms with Crippen LogP contribution < -0.4 is 0 Å². The van der Waals surface area contributed by atoms with Crippen molar-refractivity contribution in [1.29, 1.82) is 0 Å². The summed E-state index contributed by atoms with van der Waals surface area (Å²) in [5.74, 6) is -1.04. The summed E-state index contributed by atoms with van der Waals surface area (Å²) in [4.78, 5) is 24.1. The number of nitro benzene ring substituents is 1. The molecule has 2 aromatic rings. The van der Waals surface area contributed by atoms with E-state index >= 15 is 0 Å². The monoisotopic (exact) mass is 393 g/mol. The van der Waals surface area contributed by atoms with Crippen molar-refractivity contribution in [2.75, 3.05) is 26.2 Å². The van der Waals surface area contributed by atoms with Gasteiger partial charge in [-0.05, 0) is 24.3 Å². The third-order valence-electron chi connectivity index (χ3n) is 4.26. The van der Waals surface area contributed by atoms with Gasteiger partial charge in [0.05, 0.1) is 9.82 Å². The molecular formula is C17H16FN3O5S. The van der Waals surface area contributed by atoms with Crippen molar-refractivity contribution in [2.24, 2.45) is 0 Å². The van der Waals surface area contributed by atoms with E-state index in [9.17, 15) is 27.7 Å². The van der Waals surface area contributed by atoms with Gasteiger partial charge >= 0.3 is 0 Å². The van der Waals surface area contributed by atoms with Crippen LogP contribution in [0.25, 0.3) is 0 Å². The quantitative estimate of drug-likeness (QED) is 0.583. The first-order valence-electron chi connectivity index (χ1n) is 8.08. The number of nitro groups is 1. The highest BCUT2D eigenvalue weighted by Crippen LogP contribution is 2.20. The Bertz CT molecular complexity index is 988. The molecule has 10 heteroatoms. The molecule has 27 heavy (non-hydrogen) atoms. The van der Waals surface area contributed by atoms with Crippen LogP contribution in [0.4, 0.5) is 10.1 Å². The van der Waals surface area contributed by atoms with Crippen molar-refractivity contribution in [1.82, 2.24) is 9.21 Å². The average molecular weight is 393 g/mol. The van der Waals surface area contributed by atoms with Crippen LogP contribution in [-0.4, -0.2) is 54.6 Å². The van der Waals surface area contributed by atoms with Gasteiger partial charge in [-0.2, -0.15) is 4.31 Å². The lowest BCUT2D eigenvalue weighted by atomic mass is 10.1. The van der Waals surface area contributed by atoms with Crippen LogP contribution in [0, 0.1) is 15.9 Å².